The summed E-state index contributed by atoms with van der Waals surface area (Å²) in [6, 6.07) is 14.1. The molecular formula is C25H34ClN5O2. The Morgan fingerprint density at radius 1 is 1.06 bits per heavy atom. The van der Waals surface area contributed by atoms with Gasteiger partial charge in [0, 0.05) is 50.0 Å². The second kappa shape index (κ2) is 11.5. The number of aryl methyl sites for hydroxylation is 1. The third kappa shape index (κ3) is 6.93. The lowest BCUT2D eigenvalue weighted by Gasteiger charge is -2.32. The molecule has 0 aromatic heterocycles. The van der Waals surface area contributed by atoms with Crippen molar-refractivity contribution in [3.63, 3.8) is 0 Å². The van der Waals surface area contributed by atoms with E-state index in [-0.39, 0.29) is 24.9 Å². The van der Waals surface area contributed by atoms with Gasteiger partial charge in [-0.05, 0) is 35.7 Å². The highest BCUT2D eigenvalue weighted by molar-refractivity contribution is 6.30. The lowest BCUT2D eigenvalue weighted by atomic mass is 10.1. The van der Waals surface area contributed by atoms with Crippen molar-refractivity contribution in [2.75, 3.05) is 38.1 Å². The molecule has 0 aliphatic carbocycles. The normalized spacial score (nSPS) is 13.2. The van der Waals surface area contributed by atoms with E-state index >= 15 is 0 Å². The Hall–Kier alpha value is -2.61. The summed E-state index contributed by atoms with van der Waals surface area (Å²) in [6.07, 6.45) is 0. The van der Waals surface area contributed by atoms with E-state index in [9.17, 15) is 9.59 Å². The molecule has 0 saturated carbocycles. The number of likely N-dealkylation sites (N-methyl/N-ethyl adjacent to an activating group) is 1. The van der Waals surface area contributed by atoms with Gasteiger partial charge in [-0.25, -0.2) is 5.01 Å². The van der Waals surface area contributed by atoms with E-state index in [4.69, 9.17) is 11.6 Å². The van der Waals surface area contributed by atoms with Crippen LogP contribution in [0.15, 0.2) is 42.5 Å². The van der Waals surface area contributed by atoms with Crippen LogP contribution in [-0.2, 0) is 22.7 Å². The molecule has 1 aliphatic rings. The van der Waals surface area contributed by atoms with Crippen LogP contribution in [0.25, 0.3) is 0 Å². The number of benzene rings is 2. The number of amides is 2. The predicted molar refractivity (Wildman–Crippen MR) is 133 cm³/mol. The minimum atomic E-state index is -0.135. The number of halogens is 1. The number of nitrogens with zero attached hydrogens (tertiary/aromatic N) is 3. The zero-order valence-corrected chi connectivity index (χ0v) is 20.7. The van der Waals surface area contributed by atoms with Gasteiger partial charge in [-0.2, -0.15) is 0 Å². The maximum Gasteiger partial charge on any atom is 0.256 e. The SMILES string of the molecule is Cc1ccc(Cl)cc1N(CC(=O)NCCNC(C)C)CC(=O)N(C)N1Cc2ccccc2C1. The highest BCUT2D eigenvalue weighted by atomic mass is 35.5. The van der Waals surface area contributed by atoms with Crippen molar-refractivity contribution in [3.05, 3.63) is 64.2 Å². The molecule has 2 N–H and O–H groups in total. The maximum absolute atomic E-state index is 13.2. The molecule has 3 rings (SSSR count). The van der Waals surface area contributed by atoms with E-state index in [0.717, 1.165) is 11.3 Å². The van der Waals surface area contributed by atoms with E-state index in [2.05, 4.69) is 36.6 Å². The number of carbonyl (C=O) groups is 2. The van der Waals surface area contributed by atoms with Gasteiger partial charge in [-0.1, -0.05) is 55.8 Å². The lowest BCUT2D eigenvalue weighted by molar-refractivity contribution is -0.145. The van der Waals surface area contributed by atoms with Crippen molar-refractivity contribution >= 4 is 29.1 Å². The van der Waals surface area contributed by atoms with Gasteiger partial charge in [0.25, 0.3) is 5.91 Å². The number of hydrogen-bond acceptors (Lipinski definition) is 5. The van der Waals surface area contributed by atoms with Gasteiger partial charge in [0.1, 0.15) is 0 Å². The highest BCUT2D eigenvalue weighted by Crippen LogP contribution is 2.26. The third-order valence-electron chi connectivity index (χ3n) is 5.78. The molecule has 1 heterocycles. The van der Waals surface area contributed by atoms with E-state index in [0.29, 0.717) is 37.2 Å². The first-order valence-corrected chi connectivity index (χ1v) is 11.7. The molecule has 0 bridgehead atoms. The van der Waals surface area contributed by atoms with Crippen LogP contribution in [-0.4, -0.2) is 61.1 Å². The van der Waals surface area contributed by atoms with Crippen molar-refractivity contribution in [1.82, 2.24) is 20.7 Å². The van der Waals surface area contributed by atoms with Gasteiger partial charge in [-0.15, -0.1) is 0 Å². The minimum Gasteiger partial charge on any atom is -0.353 e. The molecule has 7 nitrogen and oxygen atoms in total. The van der Waals surface area contributed by atoms with E-state index in [1.165, 1.54) is 11.1 Å². The summed E-state index contributed by atoms with van der Waals surface area (Å²) in [5, 5.41) is 10.5. The van der Waals surface area contributed by atoms with E-state index in [1.54, 1.807) is 17.0 Å². The Bertz CT molecular complexity index is 956. The average Bonchev–Trinajstić information content (AvgIpc) is 3.21. The number of rotatable bonds is 10. The Morgan fingerprint density at radius 3 is 2.36 bits per heavy atom. The van der Waals surface area contributed by atoms with Crippen molar-refractivity contribution in [1.29, 1.82) is 0 Å². The molecule has 0 atom stereocenters. The monoisotopic (exact) mass is 471 g/mol. The minimum absolute atomic E-state index is 0.0716. The Labute approximate surface area is 201 Å². The molecule has 0 radical (unpaired) electrons. The molecule has 8 heteroatoms. The second-order valence-corrected chi connectivity index (χ2v) is 9.19. The van der Waals surface area contributed by atoms with Crippen LogP contribution in [0.2, 0.25) is 5.02 Å². The molecule has 0 unspecified atom stereocenters. The van der Waals surface area contributed by atoms with E-state index < -0.39 is 0 Å². The molecule has 2 aromatic rings. The molecule has 33 heavy (non-hydrogen) atoms. The summed E-state index contributed by atoms with van der Waals surface area (Å²) in [6.45, 7) is 8.82. The number of hydrazine groups is 1. The van der Waals surface area contributed by atoms with Crippen molar-refractivity contribution < 1.29 is 9.59 Å². The Balaban J connectivity index is 1.68. The Morgan fingerprint density at radius 2 is 1.73 bits per heavy atom. The molecule has 2 aromatic carbocycles. The first-order valence-electron chi connectivity index (χ1n) is 11.3. The molecule has 178 valence electrons. The Kier molecular flexibility index (Phi) is 8.72. The first kappa shape index (κ1) is 25.0. The van der Waals surface area contributed by atoms with Crippen molar-refractivity contribution in [2.45, 2.75) is 39.9 Å². The zero-order chi connectivity index (χ0) is 24.0. The highest BCUT2D eigenvalue weighted by Gasteiger charge is 2.27. The second-order valence-electron chi connectivity index (χ2n) is 8.75. The summed E-state index contributed by atoms with van der Waals surface area (Å²) in [5.41, 5.74) is 4.20. The number of hydrogen-bond donors (Lipinski definition) is 2. The predicted octanol–water partition coefficient (Wildman–Crippen LogP) is 2.96. The van der Waals surface area contributed by atoms with E-state index in [1.807, 2.05) is 42.3 Å². The van der Waals surface area contributed by atoms with Gasteiger partial charge in [0.2, 0.25) is 5.91 Å². The van der Waals surface area contributed by atoms with Gasteiger partial charge < -0.3 is 15.5 Å². The third-order valence-corrected chi connectivity index (χ3v) is 6.02. The first-order chi connectivity index (χ1) is 15.7. The summed E-state index contributed by atoms with van der Waals surface area (Å²) in [5.74, 6) is -0.222. The van der Waals surface area contributed by atoms with Crippen LogP contribution in [0.3, 0.4) is 0 Å². The fraction of sp³-hybridized carbons (Fsp3) is 0.440. The maximum atomic E-state index is 13.2. The van der Waals surface area contributed by atoms with Gasteiger partial charge in [0.05, 0.1) is 13.1 Å². The lowest BCUT2D eigenvalue weighted by Crippen LogP contribution is -2.48. The van der Waals surface area contributed by atoms with Gasteiger partial charge in [0.15, 0.2) is 0 Å². The average molecular weight is 472 g/mol. The summed E-state index contributed by atoms with van der Waals surface area (Å²) < 4.78 is 0. The standard InChI is InChI=1S/C25H34ClN5O2/c1-18(2)27-11-12-28-24(32)16-30(23-13-22(26)10-9-19(23)3)17-25(33)29(4)31-14-20-7-5-6-8-21(20)15-31/h5-10,13,18,27H,11-12,14-17H2,1-4H3,(H,28,32). The number of nitrogens with one attached hydrogen (secondary N) is 2. The summed E-state index contributed by atoms with van der Waals surface area (Å²) in [4.78, 5) is 27.7. The van der Waals surface area contributed by atoms with Crippen molar-refractivity contribution in [2.24, 2.45) is 0 Å². The van der Waals surface area contributed by atoms with Gasteiger partial charge in [-0.3, -0.25) is 14.6 Å². The van der Waals surface area contributed by atoms with Crippen LogP contribution < -0.4 is 15.5 Å². The number of anilines is 1. The van der Waals surface area contributed by atoms with Crippen LogP contribution >= 0.6 is 11.6 Å². The fourth-order valence-electron chi connectivity index (χ4n) is 3.89. The van der Waals surface area contributed by atoms with Crippen LogP contribution in [0.5, 0.6) is 0 Å². The smallest absolute Gasteiger partial charge is 0.256 e. The van der Waals surface area contributed by atoms with Crippen LogP contribution in [0.1, 0.15) is 30.5 Å². The molecule has 1 aliphatic heterocycles. The van der Waals surface area contributed by atoms with Crippen molar-refractivity contribution in [3.8, 4) is 0 Å². The molecule has 0 saturated heterocycles. The summed E-state index contributed by atoms with van der Waals surface area (Å²) >= 11 is 6.24. The van der Waals surface area contributed by atoms with Crippen LogP contribution in [0.4, 0.5) is 5.69 Å². The topological polar surface area (TPSA) is 67.9 Å². The number of fused-ring (bicyclic) bond motifs is 1. The molecular weight excluding hydrogens is 438 g/mol. The number of carbonyl (C=O) groups excluding carboxylic acids is 2. The molecule has 2 amide bonds. The molecule has 0 fully saturated rings. The van der Waals surface area contributed by atoms with Crippen LogP contribution in [0, 0.1) is 6.92 Å². The quantitative estimate of drug-likeness (QED) is 0.521. The van der Waals surface area contributed by atoms with Gasteiger partial charge >= 0.3 is 0 Å². The molecule has 0 spiro atoms. The largest absolute Gasteiger partial charge is 0.353 e. The summed E-state index contributed by atoms with van der Waals surface area (Å²) in [7, 11) is 1.79. The zero-order valence-electron chi connectivity index (χ0n) is 19.9. The fourth-order valence-corrected chi connectivity index (χ4v) is 4.06.